The van der Waals surface area contributed by atoms with E-state index in [9.17, 15) is 25.6 Å². The van der Waals surface area contributed by atoms with Crippen molar-refractivity contribution in [2.45, 2.75) is 95.5 Å². The van der Waals surface area contributed by atoms with Gasteiger partial charge >= 0.3 is 0 Å². The number of halogens is 2. The Morgan fingerprint density at radius 2 is 1.20 bits per heavy atom. The normalized spacial score (nSPS) is 30.1. The highest BCUT2D eigenvalue weighted by Crippen LogP contribution is 2.48. The predicted molar refractivity (Wildman–Crippen MR) is 111 cm³/mol. The van der Waals surface area contributed by atoms with Crippen LogP contribution in [0.15, 0.2) is 0 Å². The molecule has 0 aromatic heterocycles. The first kappa shape index (κ1) is 25.9. The van der Waals surface area contributed by atoms with Crippen molar-refractivity contribution in [1.29, 1.82) is 0 Å². The lowest BCUT2D eigenvalue weighted by Gasteiger charge is -2.43. The molecule has 2 rings (SSSR count). The monoisotopic (exact) mass is 474 g/mol. The van der Waals surface area contributed by atoms with Crippen molar-refractivity contribution in [2.75, 3.05) is 0 Å². The molecule has 10 heteroatoms. The number of hydrogen-bond donors (Lipinski definition) is 2. The second-order valence-electron chi connectivity index (χ2n) is 10.3. The first-order valence-electron chi connectivity index (χ1n) is 10.9. The SMILES string of the molecule is CC(C)(CCC1CC2CC(CCC(F)S(=O)(=O)O)CC(C1)C2)CCC(F)S(=O)(=O)O. The highest BCUT2D eigenvalue weighted by Gasteiger charge is 2.37. The van der Waals surface area contributed by atoms with Gasteiger partial charge in [-0.2, -0.15) is 16.8 Å². The third-order valence-corrected chi connectivity index (χ3v) is 8.82. The summed E-state index contributed by atoms with van der Waals surface area (Å²) in [6.45, 7) is 3.98. The van der Waals surface area contributed by atoms with Gasteiger partial charge in [-0.3, -0.25) is 9.11 Å². The molecule has 0 spiro atoms. The number of rotatable bonds is 11. The van der Waals surface area contributed by atoms with E-state index in [1.165, 1.54) is 0 Å². The van der Waals surface area contributed by atoms with Gasteiger partial charge in [0.15, 0.2) is 0 Å². The van der Waals surface area contributed by atoms with Crippen LogP contribution in [0.4, 0.5) is 8.78 Å². The molecule has 0 saturated heterocycles. The number of alkyl halides is 2. The molecule has 0 aromatic carbocycles. The van der Waals surface area contributed by atoms with E-state index in [4.69, 9.17) is 9.11 Å². The molecule has 4 unspecified atom stereocenters. The van der Waals surface area contributed by atoms with Crippen molar-refractivity contribution in [1.82, 2.24) is 0 Å². The lowest BCUT2D eigenvalue weighted by molar-refractivity contribution is 0.0803. The summed E-state index contributed by atoms with van der Waals surface area (Å²) in [6, 6.07) is 0. The Morgan fingerprint density at radius 3 is 1.67 bits per heavy atom. The summed E-state index contributed by atoms with van der Waals surface area (Å²) in [5.74, 6) is 1.96. The Bertz CT molecular complexity index is 754. The van der Waals surface area contributed by atoms with E-state index in [0.717, 1.165) is 44.9 Å². The highest BCUT2D eigenvalue weighted by molar-refractivity contribution is 7.86. The van der Waals surface area contributed by atoms with Crippen LogP contribution in [0.3, 0.4) is 0 Å². The van der Waals surface area contributed by atoms with Crippen molar-refractivity contribution in [3.8, 4) is 0 Å². The van der Waals surface area contributed by atoms with Crippen molar-refractivity contribution in [3.05, 3.63) is 0 Å². The van der Waals surface area contributed by atoms with Crippen LogP contribution in [-0.4, -0.2) is 36.9 Å². The topological polar surface area (TPSA) is 109 Å². The quantitative estimate of drug-likeness (QED) is 0.400. The van der Waals surface area contributed by atoms with E-state index in [0.29, 0.717) is 36.5 Å². The van der Waals surface area contributed by atoms with Crippen LogP contribution in [0.25, 0.3) is 0 Å². The Hall–Kier alpha value is -0.320. The number of hydrogen-bond acceptors (Lipinski definition) is 4. The molecule has 2 N–H and O–H groups in total. The van der Waals surface area contributed by atoms with Crippen LogP contribution < -0.4 is 0 Å². The third-order valence-electron chi connectivity index (χ3n) is 7.06. The number of fused-ring (bicyclic) bond motifs is 2. The summed E-state index contributed by atoms with van der Waals surface area (Å²) >= 11 is 0. The van der Waals surface area contributed by atoms with Gasteiger partial charge in [0.2, 0.25) is 11.0 Å². The molecule has 0 radical (unpaired) electrons. The largest absolute Gasteiger partial charge is 0.297 e. The molecule has 0 aromatic rings. The maximum atomic E-state index is 13.5. The summed E-state index contributed by atoms with van der Waals surface area (Å²) in [4.78, 5) is 0. The standard InChI is InChI=1S/C20H36F2O6S2/c1-20(2,8-6-19(22)30(26,27)28)7-5-15-11-16-9-14(10-17(12-15)13-16)3-4-18(21)29(23,24)25/h14-19H,3-13H2,1-2H3,(H,23,24,25)(H,26,27,28). The maximum absolute atomic E-state index is 13.5. The van der Waals surface area contributed by atoms with Crippen molar-refractivity contribution in [2.24, 2.45) is 29.1 Å². The lowest BCUT2D eigenvalue weighted by atomic mass is 9.62. The van der Waals surface area contributed by atoms with E-state index in [1.807, 2.05) is 13.8 Å². The molecule has 2 aliphatic carbocycles. The molecule has 30 heavy (non-hydrogen) atoms. The van der Waals surface area contributed by atoms with Crippen LogP contribution in [0.2, 0.25) is 0 Å². The molecule has 2 aliphatic rings. The minimum absolute atomic E-state index is 0.153. The second-order valence-corrected chi connectivity index (χ2v) is 13.4. The fourth-order valence-corrected chi connectivity index (χ4v) is 6.34. The van der Waals surface area contributed by atoms with Crippen LogP contribution in [-0.2, 0) is 20.2 Å². The van der Waals surface area contributed by atoms with E-state index in [1.54, 1.807) is 0 Å². The summed E-state index contributed by atoms with van der Waals surface area (Å²) in [6.07, 6.45) is 7.60. The molecular weight excluding hydrogens is 438 g/mol. The maximum Gasteiger partial charge on any atom is 0.297 e. The summed E-state index contributed by atoms with van der Waals surface area (Å²) in [5.41, 5.74) is -4.64. The molecule has 2 saturated carbocycles. The minimum Gasteiger partial charge on any atom is -0.283 e. The fraction of sp³-hybridized carbons (Fsp3) is 1.00. The fourth-order valence-electron chi connectivity index (χ4n) is 5.49. The molecule has 0 heterocycles. The van der Waals surface area contributed by atoms with Gasteiger partial charge in [-0.1, -0.05) is 13.8 Å². The van der Waals surface area contributed by atoms with E-state index < -0.39 is 31.2 Å². The molecule has 6 nitrogen and oxygen atoms in total. The van der Waals surface area contributed by atoms with E-state index >= 15 is 0 Å². The molecule has 4 atom stereocenters. The molecular formula is C20H36F2O6S2. The summed E-state index contributed by atoms with van der Waals surface area (Å²) < 4.78 is 87.9. The average Bonchev–Trinajstić information content (AvgIpc) is 2.60. The van der Waals surface area contributed by atoms with E-state index in [-0.39, 0.29) is 18.3 Å². The third kappa shape index (κ3) is 8.31. The summed E-state index contributed by atoms with van der Waals surface area (Å²) in [5, 5.41) is 0. The van der Waals surface area contributed by atoms with Crippen LogP contribution in [0, 0.1) is 29.1 Å². The molecule has 2 bridgehead atoms. The zero-order chi connectivity index (χ0) is 22.7. The Labute approximate surface area is 179 Å². The first-order valence-corrected chi connectivity index (χ1v) is 13.9. The van der Waals surface area contributed by atoms with Gasteiger partial charge in [0.05, 0.1) is 0 Å². The van der Waals surface area contributed by atoms with Crippen LogP contribution in [0.5, 0.6) is 0 Å². The summed E-state index contributed by atoms with van der Waals surface area (Å²) in [7, 11) is -9.24. The van der Waals surface area contributed by atoms with Gasteiger partial charge in [0, 0.05) is 0 Å². The molecule has 0 amide bonds. The van der Waals surface area contributed by atoms with Gasteiger partial charge in [-0.05, 0) is 99.7 Å². The van der Waals surface area contributed by atoms with Gasteiger partial charge in [0.25, 0.3) is 20.2 Å². The van der Waals surface area contributed by atoms with Crippen LogP contribution >= 0.6 is 0 Å². The van der Waals surface area contributed by atoms with Gasteiger partial charge < -0.3 is 0 Å². The van der Waals surface area contributed by atoms with Crippen molar-refractivity contribution < 1.29 is 34.7 Å². The lowest BCUT2D eigenvalue weighted by Crippen LogP contribution is -2.32. The van der Waals surface area contributed by atoms with Gasteiger partial charge in [-0.25, -0.2) is 8.78 Å². The molecule has 2 fully saturated rings. The van der Waals surface area contributed by atoms with Crippen LogP contribution in [0.1, 0.15) is 84.5 Å². The van der Waals surface area contributed by atoms with Crippen molar-refractivity contribution >= 4 is 20.2 Å². The second kappa shape index (κ2) is 10.1. The predicted octanol–water partition coefficient (Wildman–Crippen LogP) is 5.16. The van der Waals surface area contributed by atoms with E-state index in [2.05, 4.69) is 0 Å². The van der Waals surface area contributed by atoms with Gasteiger partial charge in [-0.15, -0.1) is 0 Å². The average molecular weight is 475 g/mol. The van der Waals surface area contributed by atoms with Gasteiger partial charge in [0.1, 0.15) is 0 Å². The molecule has 0 aliphatic heterocycles. The first-order chi connectivity index (χ1) is 13.7. The Balaban J connectivity index is 1.76. The highest BCUT2D eigenvalue weighted by atomic mass is 32.2. The molecule has 178 valence electrons. The Morgan fingerprint density at radius 1 is 0.767 bits per heavy atom. The van der Waals surface area contributed by atoms with Crippen molar-refractivity contribution in [3.63, 3.8) is 0 Å². The zero-order valence-corrected chi connectivity index (χ0v) is 19.5. The smallest absolute Gasteiger partial charge is 0.283 e. The minimum atomic E-state index is -4.63. The zero-order valence-electron chi connectivity index (χ0n) is 17.8. The Kier molecular flexibility index (Phi) is 8.72.